The van der Waals surface area contributed by atoms with Crippen LogP contribution in [0.15, 0.2) is 36.4 Å². The van der Waals surface area contributed by atoms with Crippen molar-refractivity contribution in [3.05, 3.63) is 58.9 Å². The fraction of sp³-hybridized carbons (Fsp3) is 0.391. The van der Waals surface area contributed by atoms with Gasteiger partial charge >= 0.3 is 0 Å². The minimum Gasteiger partial charge on any atom is -0.491 e. The minimum absolute atomic E-state index is 0.256. The SMILES string of the molecule is COCCOc1cc([C@@H]2CN(C)C(=O)[C@H]2C(=O)Nc2cccc(F)c2C)ccc1C. The molecule has 2 aromatic rings. The number of anilines is 1. The molecule has 0 radical (unpaired) electrons. The maximum absolute atomic E-state index is 13.8. The molecule has 1 fully saturated rings. The highest BCUT2D eigenvalue weighted by Gasteiger charge is 2.44. The van der Waals surface area contributed by atoms with Crippen molar-refractivity contribution in [3.63, 3.8) is 0 Å². The first-order chi connectivity index (χ1) is 14.3. The number of carbonyl (C=O) groups is 2. The van der Waals surface area contributed by atoms with Crippen LogP contribution in [0.1, 0.15) is 22.6 Å². The Balaban J connectivity index is 1.86. The molecular weight excluding hydrogens is 387 g/mol. The van der Waals surface area contributed by atoms with Crippen LogP contribution < -0.4 is 10.1 Å². The van der Waals surface area contributed by atoms with Crippen LogP contribution in [0.3, 0.4) is 0 Å². The maximum Gasteiger partial charge on any atom is 0.237 e. The summed E-state index contributed by atoms with van der Waals surface area (Å²) in [5.41, 5.74) is 2.52. The smallest absolute Gasteiger partial charge is 0.237 e. The van der Waals surface area contributed by atoms with Gasteiger partial charge in [-0.3, -0.25) is 9.59 Å². The summed E-state index contributed by atoms with van der Waals surface area (Å²) in [5.74, 6) is -1.63. The van der Waals surface area contributed by atoms with E-state index in [4.69, 9.17) is 9.47 Å². The number of benzene rings is 2. The fourth-order valence-electron chi connectivity index (χ4n) is 3.68. The molecule has 2 aromatic carbocycles. The number of nitrogens with one attached hydrogen (secondary N) is 1. The summed E-state index contributed by atoms with van der Waals surface area (Å²) < 4.78 is 24.7. The standard InChI is InChI=1S/C23H27FN2O4/c1-14-8-9-16(12-20(14)30-11-10-29-4)17-13-26(3)23(28)21(17)22(27)25-19-7-5-6-18(24)15(19)2/h5-9,12,17,21H,10-11,13H2,1-4H3,(H,25,27)/t17-,21+/m0/s1. The van der Waals surface area contributed by atoms with E-state index >= 15 is 0 Å². The molecule has 1 saturated heterocycles. The molecule has 6 nitrogen and oxygen atoms in total. The van der Waals surface area contributed by atoms with Crippen molar-refractivity contribution >= 4 is 17.5 Å². The van der Waals surface area contributed by atoms with Crippen LogP contribution >= 0.6 is 0 Å². The predicted molar refractivity (Wildman–Crippen MR) is 112 cm³/mol. The van der Waals surface area contributed by atoms with E-state index in [2.05, 4.69) is 5.32 Å². The molecule has 2 atom stereocenters. The molecule has 1 N–H and O–H groups in total. The molecular formula is C23H27FN2O4. The van der Waals surface area contributed by atoms with Crippen molar-refractivity contribution in [1.29, 1.82) is 0 Å². The van der Waals surface area contributed by atoms with Gasteiger partial charge in [-0.05, 0) is 43.2 Å². The molecule has 1 aliphatic heterocycles. The molecule has 3 rings (SSSR count). The zero-order valence-electron chi connectivity index (χ0n) is 17.7. The number of halogens is 1. The predicted octanol–water partition coefficient (Wildman–Crippen LogP) is 3.28. The van der Waals surface area contributed by atoms with Gasteiger partial charge in [0.2, 0.25) is 11.8 Å². The number of aryl methyl sites for hydroxylation is 1. The summed E-state index contributed by atoms with van der Waals surface area (Å²) in [5, 5.41) is 2.74. The summed E-state index contributed by atoms with van der Waals surface area (Å²) in [6, 6.07) is 10.2. The van der Waals surface area contributed by atoms with Crippen molar-refractivity contribution < 1.29 is 23.5 Å². The van der Waals surface area contributed by atoms with Crippen LogP contribution in [0.4, 0.5) is 10.1 Å². The molecule has 0 spiro atoms. The van der Waals surface area contributed by atoms with Crippen LogP contribution in [0.5, 0.6) is 5.75 Å². The third-order valence-electron chi connectivity index (χ3n) is 5.51. The monoisotopic (exact) mass is 414 g/mol. The number of rotatable bonds is 7. The van der Waals surface area contributed by atoms with Crippen LogP contribution in [-0.2, 0) is 14.3 Å². The lowest BCUT2D eigenvalue weighted by atomic mass is 9.87. The molecule has 0 aromatic heterocycles. The zero-order valence-corrected chi connectivity index (χ0v) is 17.7. The number of methoxy groups -OCH3 is 1. The average Bonchev–Trinajstić information content (AvgIpc) is 3.02. The number of hydrogen-bond acceptors (Lipinski definition) is 4. The van der Waals surface area contributed by atoms with E-state index in [-0.39, 0.29) is 11.8 Å². The largest absolute Gasteiger partial charge is 0.491 e. The van der Waals surface area contributed by atoms with Crippen LogP contribution in [-0.4, -0.2) is 50.6 Å². The third-order valence-corrected chi connectivity index (χ3v) is 5.51. The summed E-state index contributed by atoms with van der Waals surface area (Å²) >= 11 is 0. The zero-order chi connectivity index (χ0) is 21.8. The van der Waals surface area contributed by atoms with E-state index in [9.17, 15) is 14.0 Å². The van der Waals surface area contributed by atoms with Gasteiger partial charge in [0.15, 0.2) is 0 Å². The summed E-state index contributed by atoms with van der Waals surface area (Å²) in [6.45, 7) is 4.82. The second kappa shape index (κ2) is 9.26. The molecule has 0 bridgehead atoms. The lowest BCUT2D eigenvalue weighted by Gasteiger charge is -2.19. The van der Waals surface area contributed by atoms with Crippen LogP contribution in [0, 0.1) is 25.6 Å². The van der Waals surface area contributed by atoms with Gasteiger partial charge in [-0.2, -0.15) is 0 Å². The Bertz CT molecular complexity index is 947. The second-order valence-corrected chi connectivity index (χ2v) is 7.57. The molecule has 1 heterocycles. The highest BCUT2D eigenvalue weighted by Crippen LogP contribution is 2.36. The Morgan fingerprint density at radius 3 is 2.73 bits per heavy atom. The number of likely N-dealkylation sites (tertiary alicyclic amines) is 1. The van der Waals surface area contributed by atoms with Gasteiger partial charge in [-0.25, -0.2) is 4.39 Å². The van der Waals surface area contributed by atoms with Gasteiger partial charge in [0, 0.05) is 37.9 Å². The number of likely N-dealkylation sites (N-methyl/N-ethyl adjacent to an activating group) is 1. The minimum atomic E-state index is -0.896. The molecule has 1 aliphatic rings. The average molecular weight is 414 g/mol. The molecule has 0 saturated carbocycles. The Hall–Kier alpha value is -2.93. The molecule has 160 valence electrons. The quantitative estimate of drug-likeness (QED) is 0.558. The molecule has 0 unspecified atom stereocenters. The normalized spacial score (nSPS) is 18.6. The van der Waals surface area contributed by atoms with E-state index in [0.29, 0.717) is 36.8 Å². The summed E-state index contributed by atoms with van der Waals surface area (Å²) in [7, 11) is 3.29. The second-order valence-electron chi connectivity index (χ2n) is 7.57. The molecule has 2 amide bonds. The third kappa shape index (κ3) is 4.46. The van der Waals surface area contributed by atoms with E-state index in [1.807, 2.05) is 25.1 Å². The first-order valence-corrected chi connectivity index (χ1v) is 9.86. The first kappa shape index (κ1) is 21.8. The lowest BCUT2D eigenvalue weighted by Crippen LogP contribution is -2.33. The van der Waals surface area contributed by atoms with Gasteiger partial charge < -0.3 is 19.7 Å². The first-order valence-electron chi connectivity index (χ1n) is 9.86. The summed E-state index contributed by atoms with van der Waals surface area (Å²) in [4.78, 5) is 27.4. The van der Waals surface area contributed by atoms with Crippen LogP contribution in [0.25, 0.3) is 0 Å². The van der Waals surface area contributed by atoms with Gasteiger partial charge in [0.1, 0.15) is 24.1 Å². The number of hydrogen-bond donors (Lipinski definition) is 1. The van der Waals surface area contributed by atoms with Gasteiger partial charge in [-0.15, -0.1) is 0 Å². The van der Waals surface area contributed by atoms with Crippen molar-refractivity contribution in [2.45, 2.75) is 19.8 Å². The topological polar surface area (TPSA) is 67.9 Å². The van der Waals surface area contributed by atoms with E-state index in [1.165, 1.54) is 12.1 Å². The van der Waals surface area contributed by atoms with Gasteiger partial charge in [0.25, 0.3) is 0 Å². The molecule has 0 aliphatic carbocycles. The number of carbonyl (C=O) groups excluding carboxylic acids is 2. The van der Waals surface area contributed by atoms with Crippen molar-refractivity contribution in [2.24, 2.45) is 5.92 Å². The fourth-order valence-corrected chi connectivity index (χ4v) is 3.68. The van der Waals surface area contributed by atoms with Gasteiger partial charge in [-0.1, -0.05) is 18.2 Å². The Morgan fingerprint density at radius 2 is 2.00 bits per heavy atom. The van der Waals surface area contributed by atoms with E-state index in [1.54, 1.807) is 32.0 Å². The highest BCUT2D eigenvalue weighted by atomic mass is 19.1. The van der Waals surface area contributed by atoms with Crippen molar-refractivity contribution in [2.75, 3.05) is 39.2 Å². The Morgan fingerprint density at radius 1 is 1.23 bits per heavy atom. The van der Waals surface area contributed by atoms with Gasteiger partial charge in [0.05, 0.1) is 6.61 Å². The van der Waals surface area contributed by atoms with Crippen molar-refractivity contribution in [3.8, 4) is 5.75 Å². The number of ether oxygens (including phenoxy) is 2. The summed E-state index contributed by atoms with van der Waals surface area (Å²) in [6.07, 6.45) is 0. The Labute approximate surface area is 176 Å². The van der Waals surface area contributed by atoms with E-state index < -0.39 is 17.6 Å². The number of nitrogens with zero attached hydrogens (tertiary/aromatic N) is 1. The van der Waals surface area contributed by atoms with Crippen molar-refractivity contribution in [1.82, 2.24) is 4.90 Å². The van der Waals surface area contributed by atoms with E-state index in [0.717, 1.165) is 11.1 Å². The highest BCUT2D eigenvalue weighted by molar-refractivity contribution is 6.08. The lowest BCUT2D eigenvalue weighted by molar-refractivity contribution is -0.135. The molecule has 30 heavy (non-hydrogen) atoms. The maximum atomic E-state index is 13.8. The Kier molecular flexibility index (Phi) is 6.72. The number of amides is 2. The molecule has 7 heteroatoms. The van der Waals surface area contributed by atoms with Crippen LogP contribution in [0.2, 0.25) is 0 Å².